The third-order valence-electron chi connectivity index (χ3n) is 2.04. The molecule has 50 valence electrons. The first-order valence-corrected chi connectivity index (χ1v) is 3.51. The van der Waals surface area contributed by atoms with Crippen LogP contribution in [-0.2, 0) is 0 Å². The van der Waals surface area contributed by atoms with Gasteiger partial charge < -0.3 is 5.32 Å². The summed E-state index contributed by atoms with van der Waals surface area (Å²) in [7, 11) is 0. The summed E-state index contributed by atoms with van der Waals surface area (Å²) in [5.74, 6) is 1.83. The molecule has 0 aromatic rings. The summed E-state index contributed by atoms with van der Waals surface area (Å²) in [6.45, 7) is 7.09. The lowest BCUT2D eigenvalue weighted by molar-refractivity contribution is 0.419. The van der Waals surface area contributed by atoms with Crippen LogP contribution in [0.4, 0.5) is 0 Å². The van der Waals surface area contributed by atoms with Gasteiger partial charge in [-0.25, -0.2) is 0 Å². The van der Waals surface area contributed by atoms with Crippen molar-refractivity contribution in [3.05, 3.63) is 0 Å². The van der Waals surface area contributed by atoms with E-state index in [0.29, 0.717) is 0 Å². The number of rotatable bonds is 1. The quantitative estimate of drug-likeness (QED) is 0.546. The summed E-state index contributed by atoms with van der Waals surface area (Å²) in [6.07, 6.45) is 1.39. The van der Waals surface area contributed by atoms with Crippen LogP contribution in [0, 0.1) is 11.8 Å². The Morgan fingerprint density at radius 1 is 1.62 bits per heavy atom. The molecule has 0 saturated carbocycles. The molecule has 1 saturated heterocycles. The Bertz CT molecular complexity index is 67.3. The zero-order chi connectivity index (χ0) is 5.98. The fourth-order valence-electron chi connectivity index (χ4n) is 1.25. The van der Waals surface area contributed by atoms with Crippen molar-refractivity contribution in [2.45, 2.75) is 20.3 Å². The van der Waals surface area contributed by atoms with Gasteiger partial charge in [0.25, 0.3) is 0 Å². The normalized spacial score (nSPS) is 29.6. The summed E-state index contributed by atoms with van der Waals surface area (Å²) in [4.78, 5) is 0. The first-order valence-electron chi connectivity index (χ1n) is 3.51. The molecule has 1 fully saturated rings. The van der Waals surface area contributed by atoms with E-state index in [2.05, 4.69) is 19.2 Å². The van der Waals surface area contributed by atoms with Crippen LogP contribution < -0.4 is 5.32 Å². The van der Waals surface area contributed by atoms with Gasteiger partial charge >= 0.3 is 0 Å². The van der Waals surface area contributed by atoms with E-state index < -0.39 is 0 Å². The second-order valence-electron chi connectivity index (χ2n) is 3.00. The molecule has 0 aliphatic carbocycles. The van der Waals surface area contributed by atoms with Crippen LogP contribution in [0.2, 0.25) is 0 Å². The molecule has 1 atom stereocenters. The van der Waals surface area contributed by atoms with Gasteiger partial charge in [-0.05, 0) is 31.3 Å². The van der Waals surface area contributed by atoms with E-state index in [1.54, 1.807) is 0 Å². The fourth-order valence-corrected chi connectivity index (χ4v) is 1.25. The Morgan fingerprint density at radius 3 is 2.62 bits per heavy atom. The molecule has 0 amide bonds. The van der Waals surface area contributed by atoms with Gasteiger partial charge in [-0.1, -0.05) is 13.8 Å². The van der Waals surface area contributed by atoms with Gasteiger partial charge in [-0.15, -0.1) is 0 Å². The van der Waals surface area contributed by atoms with Crippen molar-refractivity contribution in [3.63, 3.8) is 0 Å². The topological polar surface area (TPSA) is 12.0 Å². The fraction of sp³-hybridized carbons (Fsp3) is 1.00. The smallest absolute Gasteiger partial charge is 0 e. The predicted octanol–water partition coefficient (Wildman–Crippen LogP) is 1.50. The highest BCUT2D eigenvalue weighted by Crippen LogP contribution is 2.16. The Balaban J connectivity index is 0.000000640. The maximum atomic E-state index is 3.35. The zero-order valence-corrected chi connectivity index (χ0v) is 5.78. The van der Waals surface area contributed by atoms with E-state index in [1.165, 1.54) is 19.5 Å². The maximum absolute atomic E-state index is 3.35. The summed E-state index contributed by atoms with van der Waals surface area (Å²) >= 11 is 0. The highest BCUT2D eigenvalue weighted by Gasteiger charge is 2.16. The second kappa shape index (κ2) is 2.49. The number of hydrogen-bond acceptors (Lipinski definition) is 1. The van der Waals surface area contributed by atoms with Gasteiger partial charge in [0.2, 0.25) is 0 Å². The molecule has 1 rings (SSSR count). The molecule has 0 aromatic carbocycles. The van der Waals surface area contributed by atoms with Gasteiger partial charge in [0.1, 0.15) is 0 Å². The molecular weight excluding hydrogens is 98.1 g/mol. The third-order valence-corrected chi connectivity index (χ3v) is 2.04. The molecule has 0 spiro atoms. The SMILES string of the molecule is CC(C)C1CCNC1.[HH]. The Hall–Kier alpha value is -0.0400. The monoisotopic (exact) mass is 115 g/mol. The van der Waals surface area contributed by atoms with Crippen LogP contribution in [0.3, 0.4) is 0 Å². The Kier molecular flexibility index (Phi) is 1.90. The van der Waals surface area contributed by atoms with E-state index in [9.17, 15) is 0 Å². The van der Waals surface area contributed by atoms with Crippen LogP contribution in [0.15, 0.2) is 0 Å². The maximum Gasteiger partial charge on any atom is 0 e. The summed E-state index contributed by atoms with van der Waals surface area (Å²) < 4.78 is 0. The molecule has 1 aliphatic heterocycles. The standard InChI is InChI=1S/C7H15N.H2/c1-6(2)7-3-4-8-5-7;/h6-8H,3-5H2,1-2H3;1H. The van der Waals surface area contributed by atoms with Crippen molar-refractivity contribution in [3.8, 4) is 0 Å². The van der Waals surface area contributed by atoms with E-state index in [-0.39, 0.29) is 1.43 Å². The predicted molar refractivity (Wildman–Crippen MR) is 37.9 cm³/mol. The van der Waals surface area contributed by atoms with Crippen LogP contribution in [0.1, 0.15) is 21.7 Å². The van der Waals surface area contributed by atoms with Crippen LogP contribution in [-0.4, -0.2) is 13.1 Å². The number of hydrogen-bond donors (Lipinski definition) is 1. The van der Waals surface area contributed by atoms with E-state index >= 15 is 0 Å². The molecule has 0 bridgehead atoms. The lowest BCUT2D eigenvalue weighted by Gasteiger charge is -2.10. The van der Waals surface area contributed by atoms with Crippen molar-refractivity contribution in [1.29, 1.82) is 0 Å². The van der Waals surface area contributed by atoms with Gasteiger partial charge in [0.15, 0.2) is 0 Å². The third kappa shape index (κ3) is 1.22. The molecule has 1 heterocycles. The van der Waals surface area contributed by atoms with Crippen molar-refractivity contribution >= 4 is 0 Å². The highest BCUT2D eigenvalue weighted by atomic mass is 14.9. The minimum absolute atomic E-state index is 0. The van der Waals surface area contributed by atoms with E-state index in [0.717, 1.165) is 11.8 Å². The van der Waals surface area contributed by atoms with Crippen LogP contribution in [0.5, 0.6) is 0 Å². The van der Waals surface area contributed by atoms with Crippen LogP contribution in [0.25, 0.3) is 0 Å². The van der Waals surface area contributed by atoms with Crippen molar-refractivity contribution in [2.75, 3.05) is 13.1 Å². The summed E-state index contributed by atoms with van der Waals surface area (Å²) in [5.41, 5.74) is 0. The zero-order valence-electron chi connectivity index (χ0n) is 5.78. The van der Waals surface area contributed by atoms with Gasteiger partial charge in [0, 0.05) is 1.43 Å². The second-order valence-corrected chi connectivity index (χ2v) is 3.00. The Labute approximate surface area is 53.0 Å². The Morgan fingerprint density at radius 2 is 2.38 bits per heavy atom. The molecule has 0 radical (unpaired) electrons. The van der Waals surface area contributed by atoms with Gasteiger partial charge in [-0.3, -0.25) is 0 Å². The van der Waals surface area contributed by atoms with Crippen molar-refractivity contribution < 1.29 is 1.43 Å². The highest BCUT2D eigenvalue weighted by molar-refractivity contribution is 4.72. The first-order chi connectivity index (χ1) is 3.80. The molecule has 1 N–H and O–H groups in total. The van der Waals surface area contributed by atoms with Gasteiger partial charge in [-0.2, -0.15) is 0 Å². The minimum Gasteiger partial charge on any atom is -0.316 e. The first kappa shape index (κ1) is 6.09. The lowest BCUT2D eigenvalue weighted by Crippen LogP contribution is -2.12. The average Bonchev–Trinajstić information content (AvgIpc) is 2.12. The molecule has 0 aromatic heterocycles. The van der Waals surface area contributed by atoms with E-state index in [1.807, 2.05) is 0 Å². The van der Waals surface area contributed by atoms with Crippen LogP contribution >= 0.6 is 0 Å². The molecule has 1 unspecified atom stereocenters. The van der Waals surface area contributed by atoms with Crippen molar-refractivity contribution in [2.24, 2.45) is 11.8 Å². The molecular formula is C7H17N. The largest absolute Gasteiger partial charge is 0.316 e. The van der Waals surface area contributed by atoms with Crippen molar-refractivity contribution in [1.82, 2.24) is 5.32 Å². The molecule has 1 nitrogen and oxygen atoms in total. The number of nitrogens with one attached hydrogen (secondary N) is 1. The molecule has 8 heavy (non-hydrogen) atoms. The van der Waals surface area contributed by atoms with E-state index in [4.69, 9.17) is 0 Å². The molecule has 1 heteroatoms. The minimum atomic E-state index is 0. The average molecular weight is 115 g/mol. The molecule has 1 aliphatic rings. The summed E-state index contributed by atoms with van der Waals surface area (Å²) in [6, 6.07) is 0. The summed E-state index contributed by atoms with van der Waals surface area (Å²) in [5, 5.41) is 3.35. The lowest BCUT2D eigenvalue weighted by atomic mass is 9.96. The van der Waals surface area contributed by atoms with Gasteiger partial charge in [0.05, 0.1) is 0 Å².